The molecule has 2 aromatic rings. The van der Waals surface area contributed by atoms with Crippen molar-refractivity contribution in [3.8, 4) is 11.5 Å². The van der Waals surface area contributed by atoms with E-state index in [1.54, 1.807) is 6.20 Å². The van der Waals surface area contributed by atoms with Crippen molar-refractivity contribution in [3.05, 3.63) is 18.9 Å². The van der Waals surface area contributed by atoms with Crippen LogP contribution in [0.1, 0.15) is 0 Å². The minimum Gasteiger partial charge on any atom is -0.342 e. The summed E-state index contributed by atoms with van der Waals surface area (Å²) in [6, 6.07) is 0. The zero-order valence-corrected chi connectivity index (χ0v) is 4.90. The molecule has 2 heterocycles. The molecule has 2 aromatic heterocycles. The standard InChI is InChI=1S/C5H3N4O/c1-4(7-2-6-1)5-8-3-10-9-5/h1,3H,(H,6,7). The molecule has 0 bridgehead atoms. The molecule has 49 valence electrons. The molecule has 0 saturated carbocycles. The molecular formula is C5H3N4O. The van der Waals surface area contributed by atoms with Crippen molar-refractivity contribution in [1.29, 1.82) is 0 Å². The summed E-state index contributed by atoms with van der Waals surface area (Å²) in [7, 11) is 0. The quantitative estimate of drug-likeness (QED) is 0.609. The van der Waals surface area contributed by atoms with Crippen LogP contribution in [-0.4, -0.2) is 20.1 Å². The predicted octanol–water partition coefficient (Wildman–Crippen LogP) is 0.260. The summed E-state index contributed by atoms with van der Waals surface area (Å²) in [5, 5.41) is 3.57. The van der Waals surface area contributed by atoms with Gasteiger partial charge in [-0.25, -0.2) is 4.98 Å². The van der Waals surface area contributed by atoms with E-state index in [-0.39, 0.29) is 0 Å². The Kier molecular flexibility index (Phi) is 1.00. The van der Waals surface area contributed by atoms with Gasteiger partial charge < -0.3 is 9.51 Å². The fourth-order valence-electron chi connectivity index (χ4n) is 0.623. The van der Waals surface area contributed by atoms with E-state index in [1.165, 1.54) is 6.39 Å². The second kappa shape index (κ2) is 1.94. The van der Waals surface area contributed by atoms with Crippen LogP contribution in [0.5, 0.6) is 0 Å². The summed E-state index contributed by atoms with van der Waals surface area (Å²) in [5.74, 6) is 0.470. The Bertz CT molecular complexity index is 253. The third kappa shape index (κ3) is 0.680. The number of aromatic nitrogens is 4. The van der Waals surface area contributed by atoms with Crippen LogP contribution in [0, 0.1) is 6.33 Å². The van der Waals surface area contributed by atoms with Gasteiger partial charge in [-0.3, -0.25) is 0 Å². The van der Waals surface area contributed by atoms with Gasteiger partial charge in [-0.1, -0.05) is 5.16 Å². The molecule has 0 unspecified atom stereocenters. The van der Waals surface area contributed by atoms with Gasteiger partial charge in [-0.05, 0) is 0 Å². The molecule has 2 rings (SSSR count). The Morgan fingerprint density at radius 2 is 2.60 bits per heavy atom. The molecule has 1 N–H and O–H groups in total. The van der Waals surface area contributed by atoms with Gasteiger partial charge in [0, 0.05) is 6.20 Å². The van der Waals surface area contributed by atoms with Crippen LogP contribution < -0.4 is 0 Å². The summed E-state index contributed by atoms with van der Waals surface area (Å²) in [6.45, 7) is 0. The fourth-order valence-corrected chi connectivity index (χ4v) is 0.623. The molecule has 1 radical (unpaired) electrons. The largest absolute Gasteiger partial charge is 0.342 e. The van der Waals surface area contributed by atoms with Crippen molar-refractivity contribution in [2.75, 3.05) is 0 Å². The zero-order valence-electron chi connectivity index (χ0n) is 4.90. The van der Waals surface area contributed by atoms with Crippen molar-refractivity contribution in [3.63, 3.8) is 0 Å². The topological polar surface area (TPSA) is 67.6 Å². The van der Waals surface area contributed by atoms with Crippen LogP contribution >= 0.6 is 0 Å². The number of nitrogens with zero attached hydrogens (tertiary/aromatic N) is 3. The molecule has 10 heavy (non-hydrogen) atoms. The first-order valence-corrected chi connectivity index (χ1v) is 2.65. The highest BCUT2D eigenvalue weighted by molar-refractivity contribution is 5.44. The van der Waals surface area contributed by atoms with E-state index in [2.05, 4.69) is 31.0 Å². The van der Waals surface area contributed by atoms with Gasteiger partial charge in [0.05, 0.1) is 0 Å². The van der Waals surface area contributed by atoms with Gasteiger partial charge in [-0.15, -0.1) is 0 Å². The van der Waals surface area contributed by atoms with Crippen molar-refractivity contribution in [1.82, 2.24) is 20.1 Å². The first-order chi connectivity index (χ1) is 4.97. The van der Waals surface area contributed by atoms with Gasteiger partial charge >= 0.3 is 0 Å². The number of aromatic amines is 1. The minimum absolute atomic E-state index is 0.470. The van der Waals surface area contributed by atoms with Gasteiger partial charge in [0.25, 0.3) is 0 Å². The van der Waals surface area contributed by atoms with Crippen molar-refractivity contribution in [2.45, 2.75) is 0 Å². The maximum absolute atomic E-state index is 4.51. The summed E-state index contributed by atoms with van der Waals surface area (Å²) < 4.78 is 4.51. The number of nitrogens with one attached hydrogen (secondary N) is 1. The smallest absolute Gasteiger partial charge is 0.222 e. The van der Waals surface area contributed by atoms with Crippen LogP contribution in [0.3, 0.4) is 0 Å². The van der Waals surface area contributed by atoms with E-state index < -0.39 is 0 Å². The highest BCUT2D eigenvalue weighted by Crippen LogP contribution is 2.06. The summed E-state index contributed by atoms with van der Waals surface area (Å²) in [6.07, 6.45) is 5.42. The monoisotopic (exact) mass is 135 g/mol. The molecule has 0 aromatic carbocycles. The van der Waals surface area contributed by atoms with Crippen LogP contribution in [0.2, 0.25) is 0 Å². The molecule has 0 spiro atoms. The molecule has 0 aliphatic carbocycles. The van der Waals surface area contributed by atoms with Crippen LogP contribution in [-0.2, 0) is 0 Å². The van der Waals surface area contributed by atoms with E-state index in [9.17, 15) is 0 Å². The first-order valence-electron chi connectivity index (χ1n) is 2.65. The number of imidazole rings is 1. The summed E-state index contributed by atoms with van der Waals surface area (Å²) in [4.78, 5) is 10.2. The highest BCUT2D eigenvalue weighted by Gasteiger charge is 2.02. The number of rotatable bonds is 1. The number of hydrogen-bond acceptors (Lipinski definition) is 4. The van der Waals surface area contributed by atoms with Crippen LogP contribution in [0.4, 0.5) is 0 Å². The van der Waals surface area contributed by atoms with E-state index in [1.807, 2.05) is 0 Å². The third-order valence-electron chi connectivity index (χ3n) is 1.04. The average Bonchev–Trinajstić information content (AvgIpc) is 2.59. The SMILES string of the molecule is [c]1nc(-c2ncon2)c[nH]1. The predicted molar refractivity (Wildman–Crippen MR) is 30.7 cm³/mol. The molecule has 0 atom stereocenters. The maximum atomic E-state index is 4.51. The lowest BCUT2D eigenvalue weighted by Crippen LogP contribution is -1.77. The maximum Gasteiger partial charge on any atom is 0.222 e. The Labute approximate surface area is 56.1 Å². The lowest BCUT2D eigenvalue weighted by Gasteiger charge is -1.78. The minimum atomic E-state index is 0.470. The van der Waals surface area contributed by atoms with E-state index in [4.69, 9.17) is 0 Å². The second-order valence-electron chi connectivity index (χ2n) is 1.65. The van der Waals surface area contributed by atoms with Crippen LogP contribution in [0.15, 0.2) is 17.1 Å². The summed E-state index contributed by atoms with van der Waals surface area (Å²) >= 11 is 0. The van der Waals surface area contributed by atoms with Gasteiger partial charge in [0.1, 0.15) is 5.69 Å². The molecule has 0 amide bonds. The highest BCUT2D eigenvalue weighted by atomic mass is 16.5. The van der Waals surface area contributed by atoms with E-state index in [0.29, 0.717) is 11.5 Å². The summed E-state index contributed by atoms with van der Waals surface area (Å²) in [5.41, 5.74) is 0.633. The zero-order chi connectivity index (χ0) is 6.81. The van der Waals surface area contributed by atoms with E-state index in [0.717, 1.165) is 0 Å². The van der Waals surface area contributed by atoms with Crippen LogP contribution in [0.25, 0.3) is 11.5 Å². The molecule has 0 saturated heterocycles. The second-order valence-corrected chi connectivity index (χ2v) is 1.65. The van der Waals surface area contributed by atoms with E-state index >= 15 is 0 Å². The molecule has 0 fully saturated rings. The molecule has 0 aliphatic rings. The van der Waals surface area contributed by atoms with Crippen molar-refractivity contribution >= 4 is 0 Å². The normalized spacial score (nSPS) is 10.0. The van der Waals surface area contributed by atoms with Crippen molar-refractivity contribution < 1.29 is 4.52 Å². The van der Waals surface area contributed by atoms with Crippen molar-refractivity contribution in [2.24, 2.45) is 0 Å². The lowest BCUT2D eigenvalue weighted by molar-refractivity contribution is 0.418. The third-order valence-corrected chi connectivity index (χ3v) is 1.04. The first kappa shape index (κ1) is 5.16. The Morgan fingerprint density at radius 3 is 3.20 bits per heavy atom. The Hall–Kier alpha value is -1.65. The van der Waals surface area contributed by atoms with Gasteiger partial charge in [0.2, 0.25) is 12.2 Å². The average molecular weight is 135 g/mol. The lowest BCUT2D eigenvalue weighted by atomic mass is 10.5. The molecule has 0 aliphatic heterocycles. The fraction of sp³-hybridized carbons (Fsp3) is 0. The Morgan fingerprint density at radius 1 is 1.60 bits per heavy atom. The number of hydrogen-bond donors (Lipinski definition) is 1. The Balaban J connectivity index is 2.48. The molecule has 5 nitrogen and oxygen atoms in total. The van der Waals surface area contributed by atoms with Gasteiger partial charge in [-0.2, -0.15) is 4.98 Å². The molecule has 5 heteroatoms. The van der Waals surface area contributed by atoms with Gasteiger partial charge in [0.15, 0.2) is 6.33 Å². The number of H-pyrrole nitrogens is 1. The molecular weight excluding hydrogens is 132 g/mol.